The maximum Gasteiger partial charge on any atom is 0.0433 e. The maximum absolute atomic E-state index is 9.03. The predicted molar refractivity (Wildman–Crippen MR) is 67.4 cm³/mol. The third kappa shape index (κ3) is 2.43. The Morgan fingerprint density at radius 3 is 2.38 bits per heavy atom. The maximum atomic E-state index is 9.03. The number of aliphatic hydroxyl groups is 1. The lowest BCUT2D eigenvalue weighted by atomic mass is 9.53. The topological polar surface area (TPSA) is 23.5 Å². The molecular weight excluding hydrogens is 198 g/mol. The van der Waals surface area contributed by atoms with Crippen LogP contribution in [0.2, 0.25) is 0 Å². The van der Waals surface area contributed by atoms with Crippen LogP contribution >= 0.6 is 0 Å². The zero-order valence-corrected chi connectivity index (χ0v) is 10.9. The minimum absolute atomic E-state index is 0.366. The summed E-state index contributed by atoms with van der Waals surface area (Å²) in [6.45, 7) is 9.09. The van der Waals surface area contributed by atoms with Crippen molar-refractivity contribution in [3.8, 4) is 0 Å². The van der Waals surface area contributed by atoms with E-state index in [1.54, 1.807) is 0 Å². The van der Waals surface area contributed by atoms with Gasteiger partial charge in [0.25, 0.3) is 0 Å². The molecule has 1 N–H and O–H groups in total. The number of rotatable bonds is 4. The fourth-order valence-corrected chi connectivity index (χ4v) is 3.53. The molecule has 0 amide bonds. The number of likely N-dealkylation sites (tertiary alicyclic amines) is 1. The van der Waals surface area contributed by atoms with Gasteiger partial charge < -0.3 is 10.0 Å². The van der Waals surface area contributed by atoms with E-state index in [1.165, 1.54) is 45.3 Å². The summed E-state index contributed by atoms with van der Waals surface area (Å²) >= 11 is 0. The summed E-state index contributed by atoms with van der Waals surface area (Å²) in [6.07, 6.45) is 6.56. The van der Waals surface area contributed by atoms with Gasteiger partial charge in [-0.3, -0.25) is 0 Å². The molecule has 0 radical (unpaired) electrons. The molecule has 0 aromatic rings. The van der Waals surface area contributed by atoms with Crippen molar-refractivity contribution >= 4 is 0 Å². The van der Waals surface area contributed by atoms with Gasteiger partial charge in [-0.1, -0.05) is 20.3 Å². The van der Waals surface area contributed by atoms with Crippen LogP contribution in [0, 0.1) is 17.3 Å². The second-order valence-electron chi connectivity index (χ2n) is 6.32. The highest BCUT2D eigenvalue weighted by molar-refractivity contribution is 4.97. The molecule has 1 aliphatic carbocycles. The number of hydrogen-bond acceptors (Lipinski definition) is 2. The average Bonchev–Trinajstić information content (AvgIpc) is 2.29. The van der Waals surface area contributed by atoms with E-state index in [0.717, 1.165) is 18.3 Å². The molecule has 2 rings (SSSR count). The fourth-order valence-electron chi connectivity index (χ4n) is 3.53. The Bertz CT molecular complexity index is 221. The Hall–Kier alpha value is -0.0800. The van der Waals surface area contributed by atoms with Gasteiger partial charge in [-0.15, -0.1) is 0 Å². The van der Waals surface area contributed by atoms with E-state index >= 15 is 0 Å². The van der Waals surface area contributed by atoms with Crippen LogP contribution in [0.3, 0.4) is 0 Å². The summed E-state index contributed by atoms with van der Waals surface area (Å²) in [6, 6.07) is 0. The van der Waals surface area contributed by atoms with Gasteiger partial charge in [-0.05, 0) is 56.0 Å². The van der Waals surface area contributed by atoms with Gasteiger partial charge in [0.05, 0.1) is 0 Å². The van der Waals surface area contributed by atoms with Gasteiger partial charge in [0.1, 0.15) is 0 Å². The lowest BCUT2D eigenvalue weighted by Gasteiger charge is -2.54. The van der Waals surface area contributed by atoms with Gasteiger partial charge >= 0.3 is 0 Å². The van der Waals surface area contributed by atoms with E-state index < -0.39 is 0 Å². The molecule has 0 unspecified atom stereocenters. The standard InChI is InChI=1S/C14H27NO/c1-14(2)12(6-9-16)10-13(14)11-15-7-4-3-5-8-15/h12-13,16H,3-11H2,1-2H3/t12-,13-/m1/s1. The molecular formula is C14H27NO. The molecule has 0 spiro atoms. The third-order valence-corrected chi connectivity index (χ3v) is 5.08. The van der Waals surface area contributed by atoms with Crippen LogP contribution in [-0.4, -0.2) is 36.2 Å². The van der Waals surface area contributed by atoms with Crippen LogP contribution in [-0.2, 0) is 0 Å². The summed E-state index contributed by atoms with van der Waals surface area (Å²) in [5.74, 6) is 1.62. The zero-order valence-electron chi connectivity index (χ0n) is 10.9. The first kappa shape index (κ1) is 12.4. The molecule has 1 saturated heterocycles. The first-order valence-corrected chi connectivity index (χ1v) is 6.98. The molecule has 2 aliphatic rings. The van der Waals surface area contributed by atoms with E-state index in [2.05, 4.69) is 18.7 Å². The fraction of sp³-hybridized carbons (Fsp3) is 1.00. The number of aliphatic hydroxyl groups excluding tert-OH is 1. The van der Waals surface area contributed by atoms with E-state index in [4.69, 9.17) is 5.11 Å². The quantitative estimate of drug-likeness (QED) is 0.794. The molecule has 94 valence electrons. The van der Waals surface area contributed by atoms with Crippen LogP contribution in [0.1, 0.15) is 46.0 Å². The van der Waals surface area contributed by atoms with Crippen molar-refractivity contribution in [3.05, 3.63) is 0 Å². The van der Waals surface area contributed by atoms with E-state index in [1.807, 2.05) is 0 Å². The first-order chi connectivity index (χ1) is 7.64. The van der Waals surface area contributed by atoms with Crippen molar-refractivity contribution < 1.29 is 5.11 Å². The molecule has 2 atom stereocenters. The van der Waals surface area contributed by atoms with Crippen molar-refractivity contribution in [2.75, 3.05) is 26.2 Å². The molecule has 2 nitrogen and oxygen atoms in total. The van der Waals surface area contributed by atoms with Crippen molar-refractivity contribution in [1.29, 1.82) is 0 Å². The molecule has 0 bridgehead atoms. The molecule has 1 saturated carbocycles. The largest absolute Gasteiger partial charge is 0.396 e. The van der Waals surface area contributed by atoms with Crippen LogP contribution in [0.15, 0.2) is 0 Å². The van der Waals surface area contributed by atoms with Crippen molar-refractivity contribution in [2.45, 2.75) is 46.0 Å². The summed E-state index contributed by atoms with van der Waals surface area (Å²) in [7, 11) is 0. The Morgan fingerprint density at radius 1 is 1.12 bits per heavy atom. The highest BCUT2D eigenvalue weighted by Gasteiger charge is 2.47. The molecule has 2 heteroatoms. The minimum atomic E-state index is 0.366. The van der Waals surface area contributed by atoms with E-state index in [9.17, 15) is 0 Å². The van der Waals surface area contributed by atoms with Crippen LogP contribution < -0.4 is 0 Å². The summed E-state index contributed by atoms with van der Waals surface area (Å²) in [5.41, 5.74) is 0.459. The molecule has 16 heavy (non-hydrogen) atoms. The zero-order chi connectivity index (χ0) is 11.6. The van der Waals surface area contributed by atoms with Crippen LogP contribution in [0.5, 0.6) is 0 Å². The monoisotopic (exact) mass is 225 g/mol. The minimum Gasteiger partial charge on any atom is -0.396 e. The van der Waals surface area contributed by atoms with Gasteiger partial charge in [0.15, 0.2) is 0 Å². The number of hydrogen-bond donors (Lipinski definition) is 1. The molecule has 2 fully saturated rings. The molecule has 0 aromatic carbocycles. The molecule has 1 heterocycles. The second-order valence-corrected chi connectivity index (χ2v) is 6.32. The predicted octanol–water partition coefficient (Wildman–Crippen LogP) is 2.52. The normalized spacial score (nSPS) is 34.7. The highest BCUT2D eigenvalue weighted by atomic mass is 16.3. The Labute approximate surface area is 100 Å². The summed E-state index contributed by atoms with van der Waals surface area (Å²) in [5, 5.41) is 9.03. The summed E-state index contributed by atoms with van der Waals surface area (Å²) in [4.78, 5) is 2.66. The number of nitrogens with zero attached hydrogens (tertiary/aromatic N) is 1. The van der Waals surface area contributed by atoms with Gasteiger partial charge in [-0.2, -0.15) is 0 Å². The van der Waals surface area contributed by atoms with Gasteiger partial charge in [-0.25, -0.2) is 0 Å². The second kappa shape index (κ2) is 5.05. The Kier molecular flexibility index (Phi) is 3.91. The highest BCUT2D eigenvalue weighted by Crippen LogP contribution is 2.53. The van der Waals surface area contributed by atoms with Gasteiger partial charge in [0, 0.05) is 13.2 Å². The van der Waals surface area contributed by atoms with E-state index in [0.29, 0.717) is 12.0 Å². The third-order valence-electron chi connectivity index (χ3n) is 5.08. The molecule has 0 aromatic heterocycles. The SMILES string of the molecule is CC1(C)[C@H](CCO)C[C@@H]1CN1CCCCC1. The summed E-state index contributed by atoms with van der Waals surface area (Å²) < 4.78 is 0. The van der Waals surface area contributed by atoms with Crippen molar-refractivity contribution in [3.63, 3.8) is 0 Å². The first-order valence-electron chi connectivity index (χ1n) is 6.98. The van der Waals surface area contributed by atoms with Crippen molar-refractivity contribution in [2.24, 2.45) is 17.3 Å². The van der Waals surface area contributed by atoms with Crippen LogP contribution in [0.4, 0.5) is 0 Å². The molecule has 1 aliphatic heterocycles. The van der Waals surface area contributed by atoms with E-state index in [-0.39, 0.29) is 0 Å². The Balaban J connectivity index is 1.79. The van der Waals surface area contributed by atoms with Crippen LogP contribution in [0.25, 0.3) is 0 Å². The van der Waals surface area contributed by atoms with Gasteiger partial charge in [0.2, 0.25) is 0 Å². The smallest absolute Gasteiger partial charge is 0.0433 e. The van der Waals surface area contributed by atoms with Crippen molar-refractivity contribution in [1.82, 2.24) is 4.90 Å². The lowest BCUT2D eigenvalue weighted by molar-refractivity contribution is -0.0527. The number of piperidine rings is 1. The lowest BCUT2D eigenvalue weighted by Crippen LogP contribution is -2.51. The Morgan fingerprint density at radius 2 is 1.81 bits per heavy atom. The average molecular weight is 225 g/mol.